The van der Waals surface area contributed by atoms with Gasteiger partial charge in [-0.1, -0.05) is 26.0 Å². The van der Waals surface area contributed by atoms with Gasteiger partial charge in [0.15, 0.2) is 0 Å². The molecular weight excluding hydrogens is 264 g/mol. The first kappa shape index (κ1) is 15.5. The van der Waals surface area contributed by atoms with Crippen molar-refractivity contribution in [3.8, 4) is 0 Å². The van der Waals surface area contributed by atoms with Crippen LogP contribution in [-0.4, -0.2) is 34.3 Å². The molecule has 5 nitrogen and oxygen atoms in total. The quantitative estimate of drug-likeness (QED) is 0.762. The van der Waals surface area contributed by atoms with Crippen LogP contribution in [0.25, 0.3) is 10.9 Å². The maximum Gasteiger partial charge on any atom is 0.224 e. The van der Waals surface area contributed by atoms with Gasteiger partial charge in [0.1, 0.15) is 5.82 Å². The van der Waals surface area contributed by atoms with Gasteiger partial charge in [-0.3, -0.25) is 0 Å². The lowest BCUT2D eigenvalue weighted by Gasteiger charge is -2.26. The Kier molecular flexibility index (Phi) is 4.63. The van der Waals surface area contributed by atoms with E-state index in [2.05, 4.69) is 34.4 Å². The van der Waals surface area contributed by atoms with Crippen LogP contribution in [-0.2, 0) is 0 Å². The SMILES string of the molecule is CNc1nc(NCC(C)(O)CC(C)C)c2ccccc2n1. The minimum Gasteiger partial charge on any atom is -0.388 e. The van der Waals surface area contributed by atoms with Crippen LogP contribution in [0.4, 0.5) is 11.8 Å². The lowest BCUT2D eigenvalue weighted by molar-refractivity contribution is 0.0515. The van der Waals surface area contributed by atoms with Crippen molar-refractivity contribution in [1.82, 2.24) is 9.97 Å². The molecule has 21 heavy (non-hydrogen) atoms. The number of rotatable bonds is 6. The number of nitrogens with zero attached hydrogens (tertiary/aromatic N) is 2. The summed E-state index contributed by atoms with van der Waals surface area (Å²) in [6, 6.07) is 7.85. The topological polar surface area (TPSA) is 70.1 Å². The third kappa shape index (κ3) is 4.04. The highest BCUT2D eigenvalue weighted by Gasteiger charge is 2.22. The second-order valence-electron chi connectivity index (χ2n) is 6.11. The van der Waals surface area contributed by atoms with E-state index in [0.717, 1.165) is 23.1 Å². The summed E-state index contributed by atoms with van der Waals surface area (Å²) in [5.41, 5.74) is 0.114. The average Bonchev–Trinajstić information content (AvgIpc) is 2.43. The Morgan fingerprint density at radius 1 is 1.24 bits per heavy atom. The molecule has 0 amide bonds. The Balaban J connectivity index is 2.25. The zero-order valence-electron chi connectivity index (χ0n) is 13.1. The fraction of sp³-hybridized carbons (Fsp3) is 0.500. The number of anilines is 2. The third-order valence-electron chi connectivity index (χ3n) is 3.31. The Morgan fingerprint density at radius 2 is 1.95 bits per heavy atom. The summed E-state index contributed by atoms with van der Waals surface area (Å²) in [4.78, 5) is 8.88. The molecule has 3 N–H and O–H groups in total. The lowest BCUT2D eigenvalue weighted by atomic mass is 9.94. The van der Waals surface area contributed by atoms with E-state index in [9.17, 15) is 5.11 Å². The summed E-state index contributed by atoms with van der Waals surface area (Å²) in [6.45, 7) is 6.51. The van der Waals surface area contributed by atoms with E-state index in [1.165, 1.54) is 0 Å². The molecule has 0 aliphatic carbocycles. The number of benzene rings is 1. The number of aromatic nitrogens is 2. The maximum absolute atomic E-state index is 10.4. The molecule has 2 aromatic rings. The van der Waals surface area contributed by atoms with Gasteiger partial charge in [0.05, 0.1) is 11.1 Å². The molecule has 5 heteroatoms. The van der Waals surface area contributed by atoms with E-state index in [-0.39, 0.29) is 0 Å². The van der Waals surface area contributed by atoms with Gasteiger partial charge in [0, 0.05) is 19.0 Å². The van der Waals surface area contributed by atoms with E-state index in [4.69, 9.17) is 0 Å². The smallest absolute Gasteiger partial charge is 0.224 e. The van der Waals surface area contributed by atoms with Gasteiger partial charge in [0.25, 0.3) is 0 Å². The highest BCUT2D eigenvalue weighted by Crippen LogP contribution is 2.23. The second-order valence-corrected chi connectivity index (χ2v) is 6.11. The number of aliphatic hydroxyl groups is 1. The van der Waals surface area contributed by atoms with Gasteiger partial charge in [-0.05, 0) is 31.4 Å². The number of hydrogen-bond acceptors (Lipinski definition) is 5. The number of hydrogen-bond donors (Lipinski definition) is 3. The summed E-state index contributed by atoms with van der Waals surface area (Å²) in [6.07, 6.45) is 0.738. The Labute approximate surface area is 125 Å². The van der Waals surface area contributed by atoms with Gasteiger partial charge in [-0.2, -0.15) is 4.98 Å². The monoisotopic (exact) mass is 288 g/mol. The highest BCUT2D eigenvalue weighted by molar-refractivity contribution is 5.90. The van der Waals surface area contributed by atoms with Crippen LogP contribution in [0.5, 0.6) is 0 Å². The summed E-state index contributed by atoms with van der Waals surface area (Å²) >= 11 is 0. The van der Waals surface area contributed by atoms with E-state index in [0.29, 0.717) is 18.4 Å². The van der Waals surface area contributed by atoms with Crippen molar-refractivity contribution in [2.24, 2.45) is 5.92 Å². The van der Waals surface area contributed by atoms with Crippen molar-refractivity contribution >= 4 is 22.7 Å². The van der Waals surface area contributed by atoms with Gasteiger partial charge < -0.3 is 15.7 Å². The van der Waals surface area contributed by atoms with Crippen LogP contribution in [0.1, 0.15) is 27.2 Å². The van der Waals surface area contributed by atoms with Crippen molar-refractivity contribution in [2.45, 2.75) is 32.8 Å². The van der Waals surface area contributed by atoms with E-state index < -0.39 is 5.60 Å². The summed E-state index contributed by atoms with van der Waals surface area (Å²) in [5.74, 6) is 1.76. The largest absolute Gasteiger partial charge is 0.388 e. The minimum atomic E-state index is -0.764. The van der Waals surface area contributed by atoms with Crippen LogP contribution >= 0.6 is 0 Å². The molecule has 1 unspecified atom stereocenters. The molecule has 2 rings (SSSR count). The first-order chi connectivity index (χ1) is 9.91. The molecule has 1 aromatic heterocycles. The fourth-order valence-corrected chi connectivity index (χ4v) is 2.55. The fourth-order valence-electron chi connectivity index (χ4n) is 2.55. The normalized spacial score (nSPS) is 14.2. The Morgan fingerprint density at radius 3 is 2.62 bits per heavy atom. The molecule has 0 bridgehead atoms. The number of para-hydroxylation sites is 1. The molecule has 114 valence electrons. The predicted molar refractivity (Wildman–Crippen MR) is 87.7 cm³/mol. The number of fused-ring (bicyclic) bond motifs is 1. The van der Waals surface area contributed by atoms with Gasteiger partial charge in [-0.15, -0.1) is 0 Å². The molecule has 1 heterocycles. The van der Waals surface area contributed by atoms with Gasteiger partial charge in [0.2, 0.25) is 5.95 Å². The van der Waals surface area contributed by atoms with E-state index in [1.54, 1.807) is 7.05 Å². The van der Waals surface area contributed by atoms with Crippen molar-refractivity contribution in [3.05, 3.63) is 24.3 Å². The van der Waals surface area contributed by atoms with Crippen LogP contribution < -0.4 is 10.6 Å². The van der Waals surface area contributed by atoms with E-state index in [1.807, 2.05) is 31.2 Å². The number of nitrogens with one attached hydrogen (secondary N) is 2. The van der Waals surface area contributed by atoms with Crippen molar-refractivity contribution in [1.29, 1.82) is 0 Å². The molecule has 1 atom stereocenters. The summed E-state index contributed by atoms with van der Waals surface area (Å²) < 4.78 is 0. The molecule has 0 saturated heterocycles. The van der Waals surface area contributed by atoms with Crippen molar-refractivity contribution in [2.75, 3.05) is 24.2 Å². The first-order valence-electron chi connectivity index (χ1n) is 7.32. The Bertz CT molecular complexity index is 610. The molecule has 0 aliphatic heterocycles. The average molecular weight is 288 g/mol. The zero-order chi connectivity index (χ0) is 15.5. The third-order valence-corrected chi connectivity index (χ3v) is 3.31. The van der Waals surface area contributed by atoms with Gasteiger partial charge in [-0.25, -0.2) is 4.98 Å². The maximum atomic E-state index is 10.4. The molecule has 0 fully saturated rings. The standard InChI is InChI=1S/C16H24N4O/c1-11(2)9-16(3,21)10-18-14-12-7-5-6-8-13(12)19-15(17-4)20-14/h5-8,11,21H,9-10H2,1-4H3,(H2,17,18,19,20). The summed E-state index contributed by atoms with van der Waals surface area (Å²) in [7, 11) is 1.79. The predicted octanol–water partition coefficient (Wildman–Crippen LogP) is 2.88. The molecule has 1 aromatic carbocycles. The van der Waals surface area contributed by atoms with Crippen molar-refractivity contribution in [3.63, 3.8) is 0 Å². The molecular formula is C16H24N4O. The molecule has 0 aliphatic rings. The molecule has 0 spiro atoms. The Hall–Kier alpha value is -1.88. The van der Waals surface area contributed by atoms with Crippen LogP contribution in [0.15, 0.2) is 24.3 Å². The second kappa shape index (κ2) is 6.26. The van der Waals surface area contributed by atoms with Crippen LogP contribution in [0.2, 0.25) is 0 Å². The molecule has 0 radical (unpaired) electrons. The zero-order valence-corrected chi connectivity index (χ0v) is 13.1. The lowest BCUT2D eigenvalue weighted by Crippen LogP contribution is -2.35. The van der Waals surface area contributed by atoms with Gasteiger partial charge >= 0.3 is 0 Å². The van der Waals surface area contributed by atoms with Crippen molar-refractivity contribution < 1.29 is 5.11 Å². The first-order valence-corrected chi connectivity index (χ1v) is 7.32. The van der Waals surface area contributed by atoms with Crippen LogP contribution in [0.3, 0.4) is 0 Å². The molecule has 0 saturated carbocycles. The van der Waals surface area contributed by atoms with E-state index >= 15 is 0 Å². The minimum absolute atomic E-state index is 0.441. The highest BCUT2D eigenvalue weighted by atomic mass is 16.3. The van der Waals surface area contributed by atoms with Crippen LogP contribution in [0, 0.1) is 5.92 Å². The summed E-state index contributed by atoms with van der Waals surface area (Å²) in [5, 5.41) is 17.6.